The molecule has 0 saturated carbocycles. The van der Waals surface area contributed by atoms with Crippen molar-refractivity contribution in [1.82, 2.24) is 0 Å². The summed E-state index contributed by atoms with van der Waals surface area (Å²) in [5, 5.41) is 0.0929. The molecule has 0 amide bonds. The lowest BCUT2D eigenvalue weighted by Crippen LogP contribution is -2.49. The standard InChI is InChI=1S/C41H74O9Si2/c1-27-21-31(18-19-34-28(2)22-30(47-34)17-16-20-42)48-35(29(27)3)25-36-33(24-38(43)44-10)39(45-11)37(49-36)23-32(50-52(14,15)41(7,8)9)26-46-51(12,13)40(4,5)6/h20,27,30-37,39H,2-3,16-19,21-26H2,1,4-15H3/t27-,30?,31+,32+,33+,34?,35-,36?,37-,39-/m1/s1. The molecule has 3 rings (SSSR count). The molecular weight excluding hydrogens is 693 g/mol. The largest absolute Gasteiger partial charge is 0.469 e. The van der Waals surface area contributed by atoms with E-state index in [4.69, 9.17) is 32.5 Å². The van der Waals surface area contributed by atoms with Gasteiger partial charge >= 0.3 is 5.97 Å². The Morgan fingerprint density at radius 1 is 0.904 bits per heavy atom. The summed E-state index contributed by atoms with van der Waals surface area (Å²) in [5.74, 6) is -0.224. The number of hydrogen-bond acceptors (Lipinski definition) is 9. The van der Waals surface area contributed by atoms with Crippen LogP contribution in [0.3, 0.4) is 0 Å². The predicted octanol–water partition coefficient (Wildman–Crippen LogP) is 8.96. The van der Waals surface area contributed by atoms with Gasteiger partial charge in [0.2, 0.25) is 0 Å². The van der Waals surface area contributed by atoms with Crippen molar-refractivity contribution in [2.45, 2.75) is 191 Å². The number of esters is 1. The van der Waals surface area contributed by atoms with Crippen LogP contribution in [0.1, 0.15) is 106 Å². The molecule has 9 nitrogen and oxygen atoms in total. The van der Waals surface area contributed by atoms with E-state index >= 15 is 0 Å². The topological polar surface area (TPSA) is 98.8 Å². The van der Waals surface area contributed by atoms with Crippen LogP contribution in [0, 0.1) is 11.8 Å². The number of ether oxygens (including phenoxy) is 5. The quantitative estimate of drug-likeness (QED) is 0.0586. The molecule has 0 aliphatic carbocycles. The van der Waals surface area contributed by atoms with Crippen LogP contribution < -0.4 is 0 Å². The first kappa shape index (κ1) is 45.2. The van der Waals surface area contributed by atoms with Crippen LogP contribution in [-0.4, -0.2) is 98.5 Å². The normalized spacial score (nSPS) is 31.2. The molecule has 300 valence electrons. The Bertz CT molecular complexity index is 1210. The van der Waals surface area contributed by atoms with Gasteiger partial charge in [-0.15, -0.1) is 0 Å². The third-order valence-corrected chi connectivity index (χ3v) is 21.9. The molecule has 52 heavy (non-hydrogen) atoms. The van der Waals surface area contributed by atoms with Crippen molar-refractivity contribution in [3.8, 4) is 0 Å². The van der Waals surface area contributed by atoms with Gasteiger partial charge in [-0.25, -0.2) is 0 Å². The highest BCUT2D eigenvalue weighted by Crippen LogP contribution is 2.44. The second kappa shape index (κ2) is 18.6. The summed E-state index contributed by atoms with van der Waals surface area (Å²) in [4.78, 5) is 23.7. The summed E-state index contributed by atoms with van der Waals surface area (Å²) in [7, 11) is -1.08. The SMILES string of the molecule is C=C1CC(CCC=O)OC1CC[C@H]1C[C@@H](C)C(=C)[C@@H](CC2O[C@H](C[C@@H](CO[Si](C)(C)C(C)(C)C)O[Si](C)(C)C(C)(C)C)[C@H](OC)[C@H]2CC(=O)OC)O1. The van der Waals surface area contributed by atoms with Crippen molar-refractivity contribution in [1.29, 1.82) is 0 Å². The van der Waals surface area contributed by atoms with Crippen molar-refractivity contribution < 1.29 is 42.1 Å². The Morgan fingerprint density at radius 3 is 2.12 bits per heavy atom. The van der Waals surface area contributed by atoms with E-state index in [2.05, 4.69) is 87.8 Å². The first-order valence-corrected chi connectivity index (χ1v) is 25.5. The van der Waals surface area contributed by atoms with E-state index in [0.29, 0.717) is 25.9 Å². The minimum Gasteiger partial charge on any atom is -0.469 e. The van der Waals surface area contributed by atoms with Crippen LogP contribution >= 0.6 is 0 Å². The van der Waals surface area contributed by atoms with Crippen LogP contribution in [0.25, 0.3) is 0 Å². The Kier molecular flexibility index (Phi) is 16.2. The monoisotopic (exact) mass is 766 g/mol. The zero-order valence-electron chi connectivity index (χ0n) is 35.0. The second-order valence-corrected chi connectivity index (χ2v) is 28.4. The molecular formula is C41H74O9Si2. The van der Waals surface area contributed by atoms with Gasteiger partial charge in [-0.05, 0) is 85.4 Å². The van der Waals surface area contributed by atoms with Gasteiger partial charge in [0, 0.05) is 32.3 Å². The highest BCUT2D eigenvalue weighted by Gasteiger charge is 2.50. The number of rotatable bonds is 18. The van der Waals surface area contributed by atoms with Gasteiger partial charge < -0.3 is 37.3 Å². The lowest BCUT2D eigenvalue weighted by Gasteiger charge is -2.42. The van der Waals surface area contributed by atoms with Gasteiger partial charge in [-0.2, -0.15) is 0 Å². The predicted molar refractivity (Wildman–Crippen MR) is 213 cm³/mol. The lowest BCUT2D eigenvalue weighted by atomic mass is 9.82. The van der Waals surface area contributed by atoms with Crippen LogP contribution in [-0.2, 0) is 42.1 Å². The maximum Gasteiger partial charge on any atom is 0.305 e. The van der Waals surface area contributed by atoms with Crippen molar-refractivity contribution in [2.24, 2.45) is 11.8 Å². The molecule has 3 aliphatic heterocycles. The Hall–Kier alpha value is -1.19. The summed E-state index contributed by atoms with van der Waals surface area (Å²) >= 11 is 0. The first-order valence-electron chi connectivity index (χ1n) is 19.7. The first-order chi connectivity index (χ1) is 24.0. The van der Waals surface area contributed by atoms with E-state index in [1.807, 2.05) is 0 Å². The van der Waals surface area contributed by atoms with E-state index in [9.17, 15) is 9.59 Å². The van der Waals surface area contributed by atoms with Gasteiger partial charge in [-0.3, -0.25) is 4.79 Å². The Morgan fingerprint density at radius 2 is 1.54 bits per heavy atom. The number of carbonyl (C=O) groups excluding carboxylic acids is 2. The molecule has 10 atom stereocenters. The van der Waals surface area contributed by atoms with Crippen LogP contribution in [0.4, 0.5) is 0 Å². The van der Waals surface area contributed by atoms with Gasteiger partial charge in [0.25, 0.3) is 0 Å². The summed E-state index contributed by atoms with van der Waals surface area (Å²) in [6.07, 6.45) is 5.72. The van der Waals surface area contributed by atoms with E-state index in [-0.39, 0.29) is 83.1 Å². The summed E-state index contributed by atoms with van der Waals surface area (Å²) in [6, 6.07) is 0. The zero-order valence-corrected chi connectivity index (χ0v) is 37.0. The molecule has 3 fully saturated rings. The van der Waals surface area contributed by atoms with Crippen LogP contribution in [0.15, 0.2) is 24.3 Å². The average molecular weight is 767 g/mol. The maximum absolute atomic E-state index is 12.8. The lowest BCUT2D eigenvalue weighted by molar-refractivity contribution is -0.143. The fraction of sp³-hybridized carbons (Fsp3) is 0.854. The molecule has 0 aromatic carbocycles. The highest BCUT2D eigenvalue weighted by atomic mass is 28.4. The van der Waals surface area contributed by atoms with Gasteiger partial charge in [0.15, 0.2) is 16.6 Å². The molecule has 3 saturated heterocycles. The van der Waals surface area contributed by atoms with Gasteiger partial charge in [0.1, 0.15) is 6.29 Å². The molecule has 3 heterocycles. The molecule has 11 heteroatoms. The highest BCUT2D eigenvalue weighted by molar-refractivity contribution is 6.74. The maximum atomic E-state index is 12.8. The second-order valence-electron chi connectivity index (χ2n) is 18.8. The smallest absolute Gasteiger partial charge is 0.305 e. The number of carbonyl (C=O) groups is 2. The number of aldehydes is 1. The third kappa shape index (κ3) is 11.9. The van der Waals surface area contributed by atoms with Crippen LogP contribution in [0.2, 0.25) is 36.3 Å². The minimum absolute atomic E-state index is 0.00735. The molecule has 0 spiro atoms. The summed E-state index contributed by atoms with van der Waals surface area (Å²) in [5.41, 5.74) is 2.17. The number of hydrogen-bond donors (Lipinski definition) is 0. The molecule has 0 aromatic heterocycles. The molecule has 0 bridgehead atoms. The van der Waals surface area contributed by atoms with Crippen molar-refractivity contribution in [3.63, 3.8) is 0 Å². The molecule has 3 aliphatic rings. The molecule has 0 aromatic rings. The Labute approximate surface area is 318 Å². The van der Waals surface area contributed by atoms with Gasteiger partial charge in [0.05, 0.1) is 69.0 Å². The molecule has 0 N–H and O–H groups in total. The zero-order chi connectivity index (χ0) is 39.2. The fourth-order valence-corrected chi connectivity index (χ4v) is 9.74. The van der Waals surface area contributed by atoms with Gasteiger partial charge in [-0.1, -0.05) is 61.6 Å². The molecule has 0 radical (unpaired) electrons. The number of methoxy groups -OCH3 is 2. The Balaban J connectivity index is 1.80. The summed E-state index contributed by atoms with van der Waals surface area (Å²) < 4.78 is 45.2. The van der Waals surface area contributed by atoms with Crippen molar-refractivity contribution in [2.75, 3.05) is 20.8 Å². The fourth-order valence-electron chi connectivity index (χ4n) is 7.36. The molecule has 3 unspecified atom stereocenters. The van der Waals surface area contributed by atoms with E-state index in [1.54, 1.807) is 7.11 Å². The van der Waals surface area contributed by atoms with E-state index in [0.717, 1.165) is 49.5 Å². The van der Waals surface area contributed by atoms with Crippen LogP contribution in [0.5, 0.6) is 0 Å². The summed E-state index contributed by atoms with van der Waals surface area (Å²) in [6.45, 7) is 34.1. The third-order valence-electron chi connectivity index (χ3n) is 12.8. The minimum atomic E-state index is -2.17. The van der Waals surface area contributed by atoms with Crippen molar-refractivity contribution >= 4 is 28.9 Å². The van der Waals surface area contributed by atoms with E-state index < -0.39 is 16.6 Å². The van der Waals surface area contributed by atoms with E-state index in [1.165, 1.54) is 7.11 Å². The van der Waals surface area contributed by atoms with Crippen molar-refractivity contribution in [3.05, 3.63) is 24.3 Å². The average Bonchev–Trinajstić information content (AvgIpc) is 3.56.